The lowest BCUT2D eigenvalue weighted by atomic mass is 10.0. The quantitative estimate of drug-likeness (QED) is 0.0809. The van der Waals surface area contributed by atoms with Gasteiger partial charge in [0.25, 0.3) is 0 Å². The Kier molecular flexibility index (Phi) is 26.6. The van der Waals surface area contributed by atoms with Crippen molar-refractivity contribution < 1.29 is 72.5 Å². The SMILES string of the molecule is CC(=O)NC1CSSCC(C(N)=O)NC(=O)CNC(=O)C(CC(=O)O)NC(=O)C(C)NC(=O)C(CC(C)C)NC(=O)C(CO)NC(=O)C(CC(C)C)NC(=O)C(CCC(N)=O)NC(=O)CNC1=O. The summed E-state index contributed by atoms with van der Waals surface area (Å²) in [7, 11) is 1.89. The van der Waals surface area contributed by atoms with Gasteiger partial charge < -0.3 is 74.8 Å². The number of amides is 12. The third-order valence-electron chi connectivity index (χ3n) is 9.36. The minimum absolute atomic E-state index is 0.0394. The number of nitrogens with two attached hydrogens (primary N) is 2. The maximum Gasteiger partial charge on any atom is 0.305 e. The molecule has 0 aromatic rings. The van der Waals surface area contributed by atoms with Crippen LogP contribution >= 0.6 is 21.6 Å². The lowest BCUT2D eigenvalue weighted by Crippen LogP contribution is -2.60. The molecule has 12 amide bonds. The topological polar surface area (TPSA) is 435 Å². The number of aliphatic carboxylic acids is 1. The van der Waals surface area contributed by atoms with E-state index in [0.29, 0.717) is 0 Å². The molecule has 27 nitrogen and oxygen atoms in total. The first-order valence-corrected chi connectivity index (χ1v) is 23.8. The molecule has 0 aromatic heterocycles. The van der Waals surface area contributed by atoms with E-state index in [0.717, 1.165) is 28.5 Å². The lowest BCUT2D eigenvalue weighted by Gasteiger charge is -2.27. The van der Waals surface area contributed by atoms with Gasteiger partial charge in [-0.25, -0.2) is 0 Å². The molecular weight excluding hydrogens is 941 g/mol. The summed E-state index contributed by atoms with van der Waals surface area (Å²) in [6.45, 7) is 6.54. The number of primary amides is 2. The predicted octanol–water partition coefficient (Wildman–Crippen LogP) is -6.16. The molecule has 1 aliphatic heterocycles. The van der Waals surface area contributed by atoms with Crippen LogP contribution in [0.3, 0.4) is 0 Å². The summed E-state index contributed by atoms with van der Waals surface area (Å²) in [6.07, 6.45) is -1.82. The molecular formula is C39H64N12O15S2. The molecule has 382 valence electrons. The second kappa shape index (κ2) is 30.2. The zero-order valence-corrected chi connectivity index (χ0v) is 40.2. The number of nitrogens with one attached hydrogen (secondary N) is 10. The van der Waals surface area contributed by atoms with Crippen molar-refractivity contribution in [3.05, 3.63) is 0 Å². The van der Waals surface area contributed by atoms with Gasteiger partial charge in [0.05, 0.1) is 26.1 Å². The Balaban J connectivity index is 3.63. The minimum Gasteiger partial charge on any atom is -0.481 e. The molecule has 68 heavy (non-hydrogen) atoms. The van der Waals surface area contributed by atoms with Gasteiger partial charge in [-0.2, -0.15) is 0 Å². The van der Waals surface area contributed by atoms with E-state index < -0.39 is 158 Å². The summed E-state index contributed by atoms with van der Waals surface area (Å²) in [4.78, 5) is 167. The van der Waals surface area contributed by atoms with E-state index in [-0.39, 0.29) is 42.6 Å². The summed E-state index contributed by atoms with van der Waals surface area (Å²) >= 11 is 0. The van der Waals surface area contributed by atoms with Crippen molar-refractivity contribution in [1.82, 2.24) is 53.2 Å². The Morgan fingerprint density at radius 1 is 0.632 bits per heavy atom. The molecule has 1 fully saturated rings. The van der Waals surface area contributed by atoms with Crippen LogP contribution in [0.1, 0.15) is 73.6 Å². The number of carbonyl (C=O) groups excluding carboxylic acids is 12. The van der Waals surface area contributed by atoms with Crippen molar-refractivity contribution in [1.29, 1.82) is 0 Å². The van der Waals surface area contributed by atoms with Crippen LogP contribution in [0.2, 0.25) is 0 Å². The van der Waals surface area contributed by atoms with Crippen LogP contribution < -0.4 is 64.6 Å². The first kappa shape index (κ1) is 59.8. The number of rotatable bonds is 12. The van der Waals surface area contributed by atoms with Gasteiger partial charge in [0, 0.05) is 24.9 Å². The van der Waals surface area contributed by atoms with Crippen LogP contribution in [0.15, 0.2) is 0 Å². The van der Waals surface area contributed by atoms with E-state index >= 15 is 0 Å². The number of carbonyl (C=O) groups is 13. The summed E-state index contributed by atoms with van der Waals surface area (Å²) in [6, 6.07) is -11.9. The summed E-state index contributed by atoms with van der Waals surface area (Å²) in [5.41, 5.74) is 10.7. The highest BCUT2D eigenvalue weighted by Gasteiger charge is 2.34. The van der Waals surface area contributed by atoms with Crippen molar-refractivity contribution in [3.8, 4) is 0 Å². The lowest BCUT2D eigenvalue weighted by molar-refractivity contribution is -0.141. The molecule has 16 N–H and O–H groups in total. The van der Waals surface area contributed by atoms with Crippen molar-refractivity contribution in [2.45, 2.75) is 122 Å². The average molecular weight is 1010 g/mol. The summed E-state index contributed by atoms with van der Waals surface area (Å²) in [5.74, 6) is -13.8. The van der Waals surface area contributed by atoms with Crippen LogP contribution in [-0.4, -0.2) is 167 Å². The monoisotopic (exact) mass is 1000 g/mol. The smallest absolute Gasteiger partial charge is 0.305 e. The highest BCUT2D eigenvalue weighted by molar-refractivity contribution is 8.76. The van der Waals surface area contributed by atoms with Crippen LogP contribution in [-0.2, 0) is 62.3 Å². The van der Waals surface area contributed by atoms with Gasteiger partial charge in [-0.05, 0) is 38.0 Å². The van der Waals surface area contributed by atoms with E-state index in [1.165, 1.54) is 6.92 Å². The highest BCUT2D eigenvalue weighted by Crippen LogP contribution is 2.23. The average Bonchev–Trinajstić information content (AvgIpc) is 3.23. The first-order chi connectivity index (χ1) is 31.7. The number of carboxylic acid groups (broad SMARTS) is 1. The first-order valence-electron chi connectivity index (χ1n) is 21.3. The Hall–Kier alpha value is -6.23. The summed E-state index contributed by atoms with van der Waals surface area (Å²) < 4.78 is 0. The second-order valence-corrected chi connectivity index (χ2v) is 19.0. The van der Waals surface area contributed by atoms with E-state index in [4.69, 9.17) is 11.5 Å². The fourth-order valence-corrected chi connectivity index (χ4v) is 8.30. The maximum atomic E-state index is 13.7. The van der Waals surface area contributed by atoms with Gasteiger partial charge in [0.15, 0.2) is 0 Å². The molecule has 29 heteroatoms. The Morgan fingerprint density at radius 3 is 1.60 bits per heavy atom. The normalized spacial score (nSPS) is 25.5. The van der Waals surface area contributed by atoms with Gasteiger partial charge in [0.2, 0.25) is 70.9 Å². The Bertz CT molecular complexity index is 1870. The van der Waals surface area contributed by atoms with Gasteiger partial charge in [-0.3, -0.25) is 62.3 Å². The molecule has 0 saturated carbocycles. The molecule has 1 rings (SSSR count). The molecule has 0 spiro atoms. The Labute approximate surface area is 399 Å². The van der Waals surface area contributed by atoms with Gasteiger partial charge in [-0.1, -0.05) is 49.3 Å². The maximum absolute atomic E-state index is 13.7. The van der Waals surface area contributed by atoms with E-state index in [2.05, 4.69) is 53.2 Å². The largest absolute Gasteiger partial charge is 0.481 e. The zero-order chi connectivity index (χ0) is 51.8. The van der Waals surface area contributed by atoms with Crippen LogP contribution in [0.4, 0.5) is 0 Å². The fourth-order valence-electron chi connectivity index (χ4n) is 5.96. The molecule has 0 aliphatic carbocycles. The van der Waals surface area contributed by atoms with Crippen molar-refractivity contribution in [2.75, 3.05) is 31.2 Å². The molecule has 0 bridgehead atoms. The van der Waals surface area contributed by atoms with E-state index in [1.54, 1.807) is 27.7 Å². The van der Waals surface area contributed by atoms with Crippen LogP contribution in [0.25, 0.3) is 0 Å². The zero-order valence-electron chi connectivity index (χ0n) is 38.5. The molecule has 8 atom stereocenters. The number of aliphatic hydroxyl groups is 1. The van der Waals surface area contributed by atoms with Gasteiger partial charge in [0.1, 0.15) is 48.3 Å². The van der Waals surface area contributed by atoms with Gasteiger partial charge >= 0.3 is 5.97 Å². The molecule has 0 aromatic carbocycles. The molecule has 1 saturated heterocycles. The van der Waals surface area contributed by atoms with Crippen LogP contribution in [0, 0.1) is 11.8 Å². The van der Waals surface area contributed by atoms with Crippen molar-refractivity contribution in [2.24, 2.45) is 23.3 Å². The number of hydrogen-bond donors (Lipinski definition) is 14. The van der Waals surface area contributed by atoms with Crippen molar-refractivity contribution >= 4 is 98.4 Å². The Morgan fingerprint density at radius 2 is 1.10 bits per heavy atom. The third-order valence-corrected chi connectivity index (χ3v) is 11.8. The van der Waals surface area contributed by atoms with Crippen molar-refractivity contribution in [3.63, 3.8) is 0 Å². The molecule has 1 aliphatic rings. The van der Waals surface area contributed by atoms with Gasteiger partial charge in [-0.15, -0.1) is 0 Å². The minimum atomic E-state index is -1.78. The highest BCUT2D eigenvalue weighted by atomic mass is 33.1. The number of hydrogen-bond acceptors (Lipinski definition) is 16. The molecule has 0 radical (unpaired) electrons. The predicted molar refractivity (Wildman–Crippen MR) is 244 cm³/mol. The fraction of sp³-hybridized carbons (Fsp3) is 0.667. The van der Waals surface area contributed by atoms with E-state index in [9.17, 15) is 72.5 Å². The molecule has 1 heterocycles. The number of carboxylic acids is 1. The van der Waals surface area contributed by atoms with Crippen LogP contribution in [0.5, 0.6) is 0 Å². The standard InChI is InChI=1S/C39H64N12O15S2/c1-17(2)9-22-37(64)44-19(5)33(60)48-24(11-31(57)58)34(61)42-13-30(56)47-26(32(41)59)15-67-68-16-27(45-20(6)53)35(62)43-12-29(55)46-21(7-8-28(40)54)36(63)49-23(10-18(3)4)38(65)51-25(14-52)39(66)50-22/h17-19,21-27,52H,7-16H2,1-6H3,(H2,40,54)(H2,41,59)(H,42,61)(H,43,62)(H,44,64)(H,45,53)(H,46,55)(H,47,56)(H,48,60)(H,49,63)(H,50,66)(H,51,65)(H,57,58). The second-order valence-electron chi connectivity index (χ2n) is 16.4. The third kappa shape index (κ3) is 23.5. The molecule has 8 unspecified atom stereocenters. The van der Waals surface area contributed by atoms with E-state index in [1.807, 2.05) is 0 Å². The summed E-state index contributed by atoms with van der Waals surface area (Å²) in [5, 5.41) is 43.0. The number of aliphatic hydroxyl groups excluding tert-OH is 1.